The first-order valence-corrected chi connectivity index (χ1v) is 71.3. The molecule has 0 N–H and O–H groups in total. The van der Waals surface area contributed by atoms with Crippen molar-refractivity contribution in [1.82, 2.24) is 0 Å². The fourth-order valence-corrected chi connectivity index (χ4v) is 203. The molecular formula is C20H62O5P32. The summed E-state index contributed by atoms with van der Waals surface area (Å²) in [6.45, 7) is 9.53. The molecule has 0 aromatic rings. The van der Waals surface area contributed by atoms with E-state index in [0.29, 0.717) is 7.96 Å². The van der Waals surface area contributed by atoms with E-state index in [2.05, 4.69) is 179 Å². The van der Waals surface area contributed by atoms with E-state index in [1.165, 1.54) is 5.57 Å². The topological polar surface area (TPSA) is 54.0 Å². The average Bonchev–Trinajstić information content (AvgIpc) is 3.08. The molecule has 0 aromatic heterocycles. The Balaban J connectivity index is 2.50. The minimum Gasteiger partial charge on any atom is -0.354 e. The molecule has 0 spiro atoms. The van der Waals surface area contributed by atoms with Crippen LogP contribution in [0.3, 0.4) is 0 Å². The predicted molar refractivity (Wildman–Crippen MR) is 361 cm³/mol. The van der Waals surface area contributed by atoms with E-state index >= 15 is 4.79 Å². The molecule has 3 aliphatic rings. The number of rotatable bonds is 19. The molecular weight excluding hydrogens is 1310 g/mol. The molecule has 0 saturated heterocycles. The average molecular weight is 1370 g/mol. The van der Waals surface area contributed by atoms with Crippen molar-refractivity contribution in [3.63, 3.8) is 0 Å². The van der Waals surface area contributed by atoms with Crippen molar-refractivity contribution >= 4 is 266 Å². The Morgan fingerprint density at radius 1 is 0.719 bits per heavy atom. The standard InChI is InChI=1S/C20H62O5P32/c1-9-6-7-13(24-45(48(28)29)49(30)31)20(5)14(9)16(22-43-26)11-8-12(23-47(55(42)51(34)35)57(53(38)39)54(40)41)10(2)15(19(11,3)4)17(18(20)21)25-46(50(32)33)56(44-27)52(36)37/h11-14,16-17,43-44H,1,6-8,26-42H2,2-5H3/t11?,12-,13-,14-,16+,17+,20+,46?,47?,55?,56?/m0/s1. The lowest BCUT2D eigenvalue weighted by Gasteiger charge is -2.59. The summed E-state index contributed by atoms with van der Waals surface area (Å²) < 4.78 is 29.9. The Morgan fingerprint density at radius 3 is 1.70 bits per heavy atom. The minimum absolute atomic E-state index is 0.0655. The van der Waals surface area contributed by atoms with Gasteiger partial charge in [0.25, 0.3) is 0 Å². The number of fused-ring (bicyclic) bond motifs is 3. The summed E-state index contributed by atoms with van der Waals surface area (Å²) in [5, 5.41) is 0. The van der Waals surface area contributed by atoms with Crippen molar-refractivity contribution < 1.29 is 22.9 Å². The molecule has 57 heavy (non-hydrogen) atoms. The van der Waals surface area contributed by atoms with Gasteiger partial charge in [0.15, 0.2) is 5.78 Å². The molecule has 2 bridgehead atoms. The van der Waals surface area contributed by atoms with Crippen LogP contribution in [-0.4, -0.2) is 30.2 Å². The second kappa shape index (κ2) is 29.9. The SMILES string of the molecule is C=C1CC[C@H](OP(P(P)P)P(P)P)[C@@]2(C)C(=O)[C@H](OP(P(P)P)P(PP)P(P)P)C3=C(C)[C@@H](OP(P(P)P(P)P)P(P(P)P)P(P)P)CC([C@@H](OPP)[C@H]12)C3(C)C. The first kappa shape index (κ1) is 64.0. The third-order valence-corrected chi connectivity index (χ3v) is 151. The third kappa shape index (κ3) is 16.4. The lowest BCUT2D eigenvalue weighted by molar-refractivity contribution is -0.156. The highest BCUT2D eigenvalue weighted by molar-refractivity contribution is 9.19. The van der Waals surface area contributed by atoms with E-state index in [9.17, 15) is 0 Å². The van der Waals surface area contributed by atoms with Crippen molar-refractivity contribution in [1.29, 1.82) is 0 Å². The van der Waals surface area contributed by atoms with Gasteiger partial charge in [-0.3, -0.25) is 4.79 Å². The lowest BCUT2D eigenvalue weighted by atomic mass is 9.49. The van der Waals surface area contributed by atoms with Gasteiger partial charge in [0.05, 0.1) is 46.3 Å². The van der Waals surface area contributed by atoms with E-state index in [-0.39, 0.29) is 65.4 Å². The van der Waals surface area contributed by atoms with Crippen LogP contribution in [-0.2, 0) is 22.9 Å². The van der Waals surface area contributed by atoms with Crippen LogP contribution >= 0.6 is 261 Å². The second-order valence-corrected chi connectivity index (χ2v) is 122. The van der Waals surface area contributed by atoms with Gasteiger partial charge in [-0.25, -0.2) is 0 Å². The van der Waals surface area contributed by atoms with Crippen LogP contribution in [0.25, 0.3) is 0 Å². The maximum Gasteiger partial charge on any atom is 0.175 e. The zero-order chi connectivity index (χ0) is 43.6. The first-order chi connectivity index (χ1) is 26.3. The molecule has 24 unspecified atom stereocenters. The van der Waals surface area contributed by atoms with Crippen LogP contribution in [0, 0.1) is 22.7 Å². The summed E-state index contributed by atoms with van der Waals surface area (Å²) in [5.41, 5.74) is 2.14. The number of Topliss-reactive ketones (excluding diaryl/α,β-unsaturated/α-hetero) is 1. The highest BCUT2D eigenvalue weighted by Gasteiger charge is 2.65. The van der Waals surface area contributed by atoms with Gasteiger partial charge in [-0.2, -0.15) is 0 Å². The number of carbonyl (C=O) groups is 1. The van der Waals surface area contributed by atoms with E-state index in [0.717, 1.165) is 30.4 Å². The predicted octanol–water partition coefficient (Wildman–Crippen LogP) is 21.2. The van der Waals surface area contributed by atoms with Crippen molar-refractivity contribution in [2.45, 2.75) is 71.4 Å². The molecule has 0 aliphatic heterocycles. The summed E-state index contributed by atoms with van der Waals surface area (Å²) >= 11 is 0. The summed E-state index contributed by atoms with van der Waals surface area (Å²) in [6, 6.07) is 0. The van der Waals surface area contributed by atoms with E-state index in [1.807, 2.05) is 0 Å². The van der Waals surface area contributed by atoms with Crippen LogP contribution in [0.1, 0.15) is 47.0 Å². The van der Waals surface area contributed by atoms with Crippen LogP contribution in [0.2, 0.25) is 0 Å². The van der Waals surface area contributed by atoms with Gasteiger partial charge in [0.2, 0.25) is 0 Å². The van der Waals surface area contributed by atoms with Crippen LogP contribution in [0.5, 0.6) is 0 Å². The summed E-state index contributed by atoms with van der Waals surface area (Å²) in [5.74, 6) is -0.00914. The zero-order valence-corrected chi connectivity index (χ0v) is 65.2. The zero-order valence-electron chi connectivity index (χ0n) is 32.0. The Bertz CT molecular complexity index is 1370. The molecule has 3 aliphatic carbocycles. The summed E-state index contributed by atoms with van der Waals surface area (Å²) in [6.07, 6.45) is 1.05. The molecule has 0 amide bonds. The maximum atomic E-state index is 16.5. The number of hydrogen-bond donors (Lipinski definition) is 0. The maximum absolute atomic E-state index is 16.5. The molecule has 0 radical (unpaired) electrons. The minimum atomic E-state index is -0.943. The van der Waals surface area contributed by atoms with Gasteiger partial charge in [0, 0.05) is 35.4 Å². The first-order valence-electron chi connectivity index (χ1n) is 16.4. The molecule has 0 aromatic carbocycles. The highest BCUT2D eigenvalue weighted by atomic mass is 33.2. The van der Waals surface area contributed by atoms with Crippen molar-refractivity contribution in [3.8, 4) is 0 Å². The molecule has 0 heterocycles. The normalized spacial score (nSPS) is 31.1. The Kier molecular flexibility index (Phi) is 33.6. The van der Waals surface area contributed by atoms with Crippen molar-refractivity contribution in [2.75, 3.05) is 0 Å². The van der Waals surface area contributed by atoms with Crippen LogP contribution < -0.4 is 0 Å². The van der Waals surface area contributed by atoms with E-state index in [4.69, 9.17) is 24.7 Å². The number of carbonyl (C=O) groups excluding carboxylic acids is 1. The van der Waals surface area contributed by atoms with E-state index in [1.54, 1.807) is 0 Å². The van der Waals surface area contributed by atoms with Gasteiger partial charge in [-0.1, -0.05) is 51.8 Å². The van der Waals surface area contributed by atoms with Gasteiger partial charge < -0.3 is 18.1 Å². The Labute approximate surface area is 402 Å². The smallest absolute Gasteiger partial charge is 0.175 e. The second-order valence-electron chi connectivity index (χ2n) is 13.8. The fourth-order valence-electron chi connectivity index (χ4n) is 7.72. The molecule has 30 atom stereocenters. The van der Waals surface area contributed by atoms with Gasteiger partial charge in [-0.05, 0) is 105 Å². The molecule has 37 heteroatoms. The van der Waals surface area contributed by atoms with E-state index < -0.39 is 88.4 Å². The van der Waals surface area contributed by atoms with Crippen LogP contribution in [0.15, 0.2) is 23.3 Å². The summed E-state index contributed by atoms with van der Waals surface area (Å²) in [4.78, 5) is 16.5. The molecule has 2 saturated carbocycles. The van der Waals surface area contributed by atoms with Gasteiger partial charge >= 0.3 is 0 Å². The fraction of sp³-hybridized carbons (Fsp3) is 0.750. The third-order valence-electron chi connectivity index (χ3n) is 10.1. The quantitative estimate of drug-likeness (QED) is 0.0953. The molecule has 5 nitrogen and oxygen atoms in total. The molecule has 3 rings (SSSR count). The lowest BCUT2D eigenvalue weighted by Crippen LogP contribution is -2.63. The highest BCUT2D eigenvalue weighted by Crippen LogP contribution is 3.18. The summed E-state index contributed by atoms with van der Waals surface area (Å²) in [7, 11) is 51.0. The van der Waals surface area contributed by atoms with Gasteiger partial charge in [0.1, 0.15) is 6.10 Å². The Hall–Kier alpha value is 12.7. The molecule has 332 valence electrons. The van der Waals surface area contributed by atoms with Crippen molar-refractivity contribution in [2.24, 2.45) is 22.7 Å². The Morgan fingerprint density at radius 2 is 1.26 bits per heavy atom. The van der Waals surface area contributed by atoms with Gasteiger partial charge in [-0.15, -0.1) is 134 Å². The monoisotopic (exact) mass is 1370 g/mol. The van der Waals surface area contributed by atoms with Crippen LogP contribution in [0.4, 0.5) is 0 Å². The molecule has 2 fully saturated rings. The number of hydrogen-bond acceptors (Lipinski definition) is 5. The van der Waals surface area contributed by atoms with Crippen molar-refractivity contribution in [3.05, 3.63) is 23.3 Å². The number of ketones is 1. The largest absolute Gasteiger partial charge is 0.354 e.